The van der Waals surface area contributed by atoms with Gasteiger partial charge in [-0.3, -0.25) is 4.98 Å². The Morgan fingerprint density at radius 1 is 1.53 bits per heavy atom. The molecule has 1 heterocycles. The van der Waals surface area contributed by atoms with Gasteiger partial charge in [-0.05, 0) is 25.5 Å². The zero-order chi connectivity index (χ0) is 13.2. The van der Waals surface area contributed by atoms with Gasteiger partial charge >= 0.3 is 6.18 Å². The summed E-state index contributed by atoms with van der Waals surface area (Å²) in [5.41, 5.74) is -0.863. The third kappa shape index (κ3) is 3.02. The van der Waals surface area contributed by atoms with E-state index in [1.165, 1.54) is 6.07 Å². The molecule has 90 valence electrons. The molecule has 17 heavy (non-hydrogen) atoms. The number of halogens is 3. The second kappa shape index (κ2) is 4.81. The number of rotatable bonds is 3. The van der Waals surface area contributed by atoms with E-state index in [1.54, 1.807) is 13.8 Å². The lowest BCUT2D eigenvalue weighted by Crippen LogP contribution is -2.19. The van der Waals surface area contributed by atoms with Crippen molar-refractivity contribution < 1.29 is 17.9 Å². The Labute approximate surface area is 98.9 Å². The van der Waals surface area contributed by atoms with Crippen molar-refractivity contribution in [3.05, 3.63) is 23.9 Å². The summed E-state index contributed by atoms with van der Waals surface area (Å²) in [6.45, 7) is 6.70. The normalized spacial score (nSPS) is 11.4. The van der Waals surface area contributed by atoms with E-state index in [0.29, 0.717) is 17.9 Å². The van der Waals surface area contributed by atoms with Crippen LogP contribution in [0, 0.1) is 6.92 Å². The highest BCUT2D eigenvalue weighted by molar-refractivity contribution is 6.32. The van der Waals surface area contributed by atoms with Crippen molar-refractivity contribution in [2.24, 2.45) is 0 Å². The summed E-state index contributed by atoms with van der Waals surface area (Å²) >= 11 is 0. The summed E-state index contributed by atoms with van der Waals surface area (Å²) in [5.74, 6) is 0.311. The van der Waals surface area contributed by atoms with Crippen molar-refractivity contribution >= 4 is 19.0 Å². The first-order valence-corrected chi connectivity index (χ1v) is 4.93. The molecular formula is C11H11BF3NO. The molecule has 6 heteroatoms. The van der Waals surface area contributed by atoms with Crippen LogP contribution in [0.2, 0.25) is 0 Å². The molecule has 2 nitrogen and oxygen atoms in total. The minimum atomic E-state index is -4.51. The SMILES string of the molecule is [B]c1nc(C(=C)C(F)(F)F)cc(C)c1OCC. The molecule has 0 aliphatic heterocycles. The van der Waals surface area contributed by atoms with E-state index >= 15 is 0 Å². The first-order chi connectivity index (χ1) is 7.77. The number of allylic oxidation sites excluding steroid dienone is 1. The number of hydrogen-bond donors (Lipinski definition) is 0. The van der Waals surface area contributed by atoms with Crippen LogP contribution < -0.4 is 10.3 Å². The maximum absolute atomic E-state index is 12.4. The van der Waals surface area contributed by atoms with Crippen molar-refractivity contribution in [3.8, 4) is 5.75 Å². The van der Waals surface area contributed by atoms with Gasteiger partial charge in [0, 0.05) is 5.59 Å². The molecule has 0 bridgehead atoms. The van der Waals surface area contributed by atoms with E-state index < -0.39 is 11.7 Å². The molecule has 0 unspecified atom stereocenters. The fourth-order valence-electron chi connectivity index (χ4n) is 1.32. The zero-order valence-corrected chi connectivity index (χ0v) is 9.56. The Morgan fingerprint density at radius 3 is 2.53 bits per heavy atom. The molecule has 1 aromatic heterocycles. The number of pyridine rings is 1. The minimum Gasteiger partial charge on any atom is -0.493 e. The van der Waals surface area contributed by atoms with Gasteiger partial charge in [-0.2, -0.15) is 13.2 Å². The summed E-state index contributed by atoms with van der Waals surface area (Å²) in [4.78, 5) is 3.65. The van der Waals surface area contributed by atoms with Crippen molar-refractivity contribution in [1.82, 2.24) is 4.98 Å². The van der Waals surface area contributed by atoms with Crippen LogP contribution in [0.3, 0.4) is 0 Å². The quantitative estimate of drug-likeness (QED) is 0.756. The zero-order valence-electron chi connectivity index (χ0n) is 9.56. The third-order valence-electron chi connectivity index (χ3n) is 2.12. The van der Waals surface area contributed by atoms with Gasteiger partial charge in [0.15, 0.2) is 0 Å². The largest absolute Gasteiger partial charge is 0.493 e. The Hall–Kier alpha value is -1.46. The molecular weight excluding hydrogens is 230 g/mol. The molecule has 1 rings (SSSR count). The van der Waals surface area contributed by atoms with E-state index in [2.05, 4.69) is 11.6 Å². The number of alkyl halides is 3. The number of aromatic nitrogens is 1. The maximum Gasteiger partial charge on any atom is 0.417 e. The second-order valence-corrected chi connectivity index (χ2v) is 3.45. The van der Waals surface area contributed by atoms with Crippen LogP contribution in [-0.2, 0) is 0 Å². The summed E-state index contributed by atoms with van der Waals surface area (Å²) in [6.07, 6.45) is -4.51. The number of aryl methyl sites for hydroxylation is 1. The van der Waals surface area contributed by atoms with Crippen LogP contribution in [0.4, 0.5) is 13.2 Å². The van der Waals surface area contributed by atoms with Gasteiger partial charge < -0.3 is 4.74 Å². The third-order valence-corrected chi connectivity index (χ3v) is 2.12. The average molecular weight is 241 g/mol. The molecule has 0 aliphatic rings. The summed E-state index contributed by atoms with van der Waals surface area (Å²) < 4.78 is 42.5. The Bertz CT molecular complexity index is 420. The lowest BCUT2D eigenvalue weighted by atomic mass is 9.98. The summed E-state index contributed by atoms with van der Waals surface area (Å²) in [5, 5.41) is 0. The second-order valence-electron chi connectivity index (χ2n) is 3.45. The highest BCUT2D eigenvalue weighted by Crippen LogP contribution is 2.32. The lowest BCUT2D eigenvalue weighted by molar-refractivity contribution is -0.0688. The van der Waals surface area contributed by atoms with E-state index in [-0.39, 0.29) is 11.3 Å². The van der Waals surface area contributed by atoms with Crippen molar-refractivity contribution in [2.45, 2.75) is 20.0 Å². The van der Waals surface area contributed by atoms with E-state index in [4.69, 9.17) is 12.6 Å². The highest BCUT2D eigenvalue weighted by atomic mass is 19.4. The molecule has 0 saturated carbocycles. The predicted octanol–water partition coefficient (Wildman–Crippen LogP) is 2.16. The van der Waals surface area contributed by atoms with Gasteiger partial charge in [-0.15, -0.1) is 0 Å². The number of ether oxygens (including phenoxy) is 1. The standard InChI is InChI=1S/C11H11BF3NO/c1-4-17-9-6(2)5-8(16-10(9)12)7(3)11(13,14)15/h5H,3-4H2,1-2H3. The predicted molar refractivity (Wildman–Crippen MR) is 60.6 cm³/mol. The molecule has 0 amide bonds. The van der Waals surface area contributed by atoms with Crippen LogP contribution in [0.5, 0.6) is 5.75 Å². The van der Waals surface area contributed by atoms with Crippen molar-refractivity contribution in [3.63, 3.8) is 0 Å². The molecule has 2 radical (unpaired) electrons. The lowest BCUT2D eigenvalue weighted by Gasteiger charge is -2.15. The summed E-state index contributed by atoms with van der Waals surface area (Å²) in [7, 11) is 5.54. The molecule has 0 spiro atoms. The van der Waals surface area contributed by atoms with Gasteiger partial charge in [0.2, 0.25) is 0 Å². The van der Waals surface area contributed by atoms with Crippen molar-refractivity contribution in [1.29, 1.82) is 0 Å². The van der Waals surface area contributed by atoms with Gasteiger partial charge in [0.1, 0.15) is 13.6 Å². The monoisotopic (exact) mass is 241 g/mol. The van der Waals surface area contributed by atoms with Crippen LogP contribution >= 0.6 is 0 Å². The van der Waals surface area contributed by atoms with E-state index in [1.807, 2.05) is 0 Å². The van der Waals surface area contributed by atoms with Crippen LogP contribution in [0.15, 0.2) is 12.6 Å². The van der Waals surface area contributed by atoms with Gasteiger partial charge in [0.25, 0.3) is 0 Å². The smallest absolute Gasteiger partial charge is 0.417 e. The maximum atomic E-state index is 12.4. The number of hydrogen-bond acceptors (Lipinski definition) is 2. The Morgan fingerprint density at radius 2 is 2.12 bits per heavy atom. The van der Waals surface area contributed by atoms with Gasteiger partial charge in [-0.1, -0.05) is 6.58 Å². The van der Waals surface area contributed by atoms with E-state index in [0.717, 1.165) is 0 Å². The van der Waals surface area contributed by atoms with Crippen LogP contribution in [0.25, 0.3) is 5.57 Å². The average Bonchev–Trinajstić information content (AvgIpc) is 2.20. The highest BCUT2D eigenvalue weighted by Gasteiger charge is 2.34. The molecule has 0 atom stereocenters. The van der Waals surface area contributed by atoms with E-state index in [9.17, 15) is 13.2 Å². The fourth-order valence-corrected chi connectivity index (χ4v) is 1.32. The molecule has 0 saturated heterocycles. The number of nitrogens with zero attached hydrogens (tertiary/aromatic N) is 1. The molecule has 0 aliphatic carbocycles. The molecule has 1 aromatic rings. The molecule has 0 N–H and O–H groups in total. The minimum absolute atomic E-state index is 0.0627. The fraction of sp³-hybridized carbons (Fsp3) is 0.364. The van der Waals surface area contributed by atoms with Crippen molar-refractivity contribution in [2.75, 3.05) is 6.61 Å². The Kier molecular flexibility index (Phi) is 3.85. The molecule has 0 fully saturated rings. The van der Waals surface area contributed by atoms with Crippen LogP contribution in [0.1, 0.15) is 18.2 Å². The molecule has 0 aromatic carbocycles. The summed E-state index contributed by atoms with van der Waals surface area (Å²) in [6, 6.07) is 1.26. The van der Waals surface area contributed by atoms with Gasteiger partial charge in [-0.25, -0.2) is 0 Å². The first kappa shape index (κ1) is 13.6. The topological polar surface area (TPSA) is 22.1 Å². The Balaban J connectivity index is 3.19. The van der Waals surface area contributed by atoms with Gasteiger partial charge in [0.05, 0.1) is 17.9 Å². The first-order valence-electron chi connectivity index (χ1n) is 4.93. The van der Waals surface area contributed by atoms with Crippen LogP contribution in [-0.4, -0.2) is 25.6 Å².